The lowest BCUT2D eigenvalue weighted by molar-refractivity contribution is -0.870. The summed E-state index contributed by atoms with van der Waals surface area (Å²) < 4.78 is 6.62. The number of ether oxygens (including phenoxy) is 1. The molecule has 0 spiro atoms. The number of amides is 2. The van der Waals surface area contributed by atoms with Crippen molar-refractivity contribution >= 4 is 23.5 Å². The van der Waals surface area contributed by atoms with E-state index in [-0.39, 0.29) is 30.3 Å². The summed E-state index contributed by atoms with van der Waals surface area (Å²) >= 11 is 0. The Kier molecular flexibility index (Phi) is 10.5. The lowest BCUT2D eigenvalue weighted by atomic mass is 9.83. The van der Waals surface area contributed by atoms with E-state index in [0.29, 0.717) is 45.6 Å². The maximum Gasteiger partial charge on any atom is 0.308 e. The number of carbonyl (C=O) groups is 3. The van der Waals surface area contributed by atoms with Crippen LogP contribution in [-0.4, -0.2) is 110 Å². The van der Waals surface area contributed by atoms with Crippen LogP contribution in [0.3, 0.4) is 0 Å². The van der Waals surface area contributed by atoms with Gasteiger partial charge in [-0.05, 0) is 54.5 Å². The fourth-order valence-electron chi connectivity index (χ4n) is 7.32. The number of anilines is 1. The Hall–Kier alpha value is -3.43. The maximum atomic E-state index is 13.9. The maximum absolute atomic E-state index is 13.9. The van der Waals surface area contributed by atoms with Crippen LogP contribution in [-0.2, 0) is 27.2 Å². The SMILES string of the molecule is CCCCN(CCCC[N+](C)(C)C)C(=O)CN1C[C@H](c2ccc3c(c2)CCO3)C(C(=O)O)[C@@H]1CCN1C(=O)Cc2ccccc21. The highest BCUT2D eigenvalue weighted by Gasteiger charge is 2.47. The molecule has 9 nitrogen and oxygen atoms in total. The summed E-state index contributed by atoms with van der Waals surface area (Å²) in [6.45, 7) is 6.35. The Labute approximate surface area is 268 Å². The van der Waals surface area contributed by atoms with Crippen molar-refractivity contribution in [3.63, 3.8) is 0 Å². The number of para-hydroxylation sites is 1. The lowest BCUT2D eigenvalue weighted by Crippen LogP contribution is -2.46. The van der Waals surface area contributed by atoms with Crippen molar-refractivity contribution in [1.82, 2.24) is 9.80 Å². The number of unbranched alkanes of at least 4 members (excludes halogenated alkanes) is 2. The second-order valence-corrected chi connectivity index (χ2v) is 14.0. The second-order valence-electron chi connectivity index (χ2n) is 14.0. The Morgan fingerprint density at radius 1 is 1.04 bits per heavy atom. The highest BCUT2D eigenvalue weighted by atomic mass is 16.5. The average Bonchev–Trinajstić information content (AvgIpc) is 3.69. The van der Waals surface area contributed by atoms with E-state index in [1.807, 2.05) is 41.3 Å². The van der Waals surface area contributed by atoms with Crippen LogP contribution in [0.25, 0.3) is 0 Å². The van der Waals surface area contributed by atoms with Crippen molar-refractivity contribution in [2.75, 3.05) is 71.9 Å². The third-order valence-electron chi connectivity index (χ3n) is 9.73. The minimum atomic E-state index is -0.854. The van der Waals surface area contributed by atoms with Gasteiger partial charge < -0.3 is 24.1 Å². The van der Waals surface area contributed by atoms with E-state index < -0.39 is 11.9 Å². The zero-order chi connectivity index (χ0) is 32.1. The molecule has 2 aromatic carbocycles. The molecule has 3 heterocycles. The third kappa shape index (κ3) is 7.87. The lowest BCUT2D eigenvalue weighted by Gasteiger charge is -2.31. The number of hydrogen-bond donors (Lipinski definition) is 1. The molecule has 2 aromatic rings. The van der Waals surface area contributed by atoms with Gasteiger partial charge in [0.05, 0.1) is 53.2 Å². The van der Waals surface area contributed by atoms with Crippen molar-refractivity contribution in [2.24, 2.45) is 5.92 Å². The van der Waals surface area contributed by atoms with E-state index in [0.717, 1.165) is 71.3 Å². The highest BCUT2D eigenvalue weighted by molar-refractivity contribution is 6.01. The van der Waals surface area contributed by atoms with Crippen LogP contribution in [0.4, 0.5) is 5.69 Å². The number of likely N-dealkylation sites (tertiary alicyclic amines) is 1. The van der Waals surface area contributed by atoms with Crippen molar-refractivity contribution < 1.29 is 28.7 Å². The van der Waals surface area contributed by atoms with Gasteiger partial charge in [-0.3, -0.25) is 19.3 Å². The van der Waals surface area contributed by atoms with Gasteiger partial charge in [0.1, 0.15) is 5.75 Å². The second kappa shape index (κ2) is 14.3. The molecule has 3 atom stereocenters. The van der Waals surface area contributed by atoms with E-state index in [9.17, 15) is 19.5 Å². The molecule has 0 radical (unpaired) electrons. The minimum Gasteiger partial charge on any atom is -0.493 e. The molecule has 0 bridgehead atoms. The van der Waals surface area contributed by atoms with Gasteiger partial charge in [-0.1, -0.05) is 43.7 Å². The third-order valence-corrected chi connectivity index (χ3v) is 9.73. The van der Waals surface area contributed by atoms with Crippen LogP contribution in [0.1, 0.15) is 61.6 Å². The van der Waals surface area contributed by atoms with Gasteiger partial charge in [0, 0.05) is 50.2 Å². The van der Waals surface area contributed by atoms with Crippen LogP contribution in [0.2, 0.25) is 0 Å². The number of quaternary nitrogens is 1. The van der Waals surface area contributed by atoms with E-state index in [4.69, 9.17) is 4.74 Å². The van der Waals surface area contributed by atoms with Gasteiger partial charge in [0.15, 0.2) is 0 Å². The molecule has 3 aliphatic heterocycles. The molecule has 0 saturated carbocycles. The summed E-state index contributed by atoms with van der Waals surface area (Å²) in [6, 6.07) is 13.5. The van der Waals surface area contributed by atoms with Gasteiger partial charge in [-0.15, -0.1) is 0 Å². The summed E-state index contributed by atoms with van der Waals surface area (Å²) in [6.07, 6.45) is 5.60. The Morgan fingerprint density at radius 3 is 2.58 bits per heavy atom. The zero-order valence-corrected chi connectivity index (χ0v) is 27.5. The molecule has 45 heavy (non-hydrogen) atoms. The molecule has 1 fully saturated rings. The quantitative estimate of drug-likeness (QED) is 0.238. The van der Waals surface area contributed by atoms with Crippen molar-refractivity contribution in [3.8, 4) is 5.75 Å². The van der Waals surface area contributed by atoms with Crippen molar-refractivity contribution in [2.45, 2.75) is 63.8 Å². The minimum absolute atomic E-state index is 0.0403. The number of benzene rings is 2. The van der Waals surface area contributed by atoms with Gasteiger partial charge in [-0.2, -0.15) is 0 Å². The van der Waals surface area contributed by atoms with Crippen LogP contribution in [0.15, 0.2) is 42.5 Å². The van der Waals surface area contributed by atoms with Crippen molar-refractivity contribution in [3.05, 3.63) is 59.2 Å². The van der Waals surface area contributed by atoms with Crippen LogP contribution in [0, 0.1) is 5.92 Å². The smallest absolute Gasteiger partial charge is 0.308 e. The van der Waals surface area contributed by atoms with Crippen molar-refractivity contribution in [1.29, 1.82) is 0 Å². The van der Waals surface area contributed by atoms with Crippen LogP contribution >= 0.6 is 0 Å². The zero-order valence-electron chi connectivity index (χ0n) is 27.5. The molecule has 2 amide bonds. The molecular formula is C36H51N4O5+. The number of carboxylic acids is 1. The number of aliphatic carboxylic acids is 1. The van der Waals surface area contributed by atoms with E-state index in [2.05, 4.69) is 39.0 Å². The first-order valence-corrected chi connectivity index (χ1v) is 16.7. The summed E-state index contributed by atoms with van der Waals surface area (Å²) in [5.74, 6) is -0.837. The highest BCUT2D eigenvalue weighted by Crippen LogP contribution is 2.41. The van der Waals surface area contributed by atoms with Gasteiger partial charge in [0.2, 0.25) is 11.8 Å². The standard InChI is InChI=1S/C36H50N4O5/c1-5-6-17-37(18-9-10-20-40(2,3)4)34(42)25-38-24-29(26-13-14-32-28(22-26)16-21-45-32)35(36(43)44)31(38)15-19-39-30-12-8-7-11-27(30)23-33(39)41/h7-8,11-14,22,29,31,35H,5-6,9-10,15-21,23-25H2,1-4H3/p+1/t29-,31+,35?/m1/s1. The van der Waals surface area contributed by atoms with E-state index in [1.54, 1.807) is 4.90 Å². The average molecular weight is 620 g/mol. The predicted octanol–water partition coefficient (Wildman–Crippen LogP) is 4.18. The number of nitrogens with zero attached hydrogens (tertiary/aromatic N) is 4. The molecule has 9 heteroatoms. The first kappa shape index (κ1) is 32.9. The fourth-order valence-corrected chi connectivity index (χ4v) is 7.32. The fraction of sp³-hybridized carbons (Fsp3) is 0.583. The Balaban J connectivity index is 1.37. The molecule has 1 saturated heterocycles. The molecule has 1 unspecified atom stereocenters. The first-order chi connectivity index (χ1) is 21.6. The van der Waals surface area contributed by atoms with Gasteiger partial charge in [-0.25, -0.2) is 0 Å². The van der Waals surface area contributed by atoms with Gasteiger partial charge in [0.25, 0.3) is 0 Å². The molecule has 1 N–H and O–H groups in total. The normalized spacial score (nSPS) is 21.1. The molecular weight excluding hydrogens is 568 g/mol. The molecule has 3 aliphatic rings. The van der Waals surface area contributed by atoms with E-state index >= 15 is 0 Å². The molecule has 5 rings (SSSR count). The summed E-state index contributed by atoms with van der Waals surface area (Å²) in [5, 5.41) is 10.7. The number of rotatable bonds is 15. The topological polar surface area (TPSA) is 90.4 Å². The van der Waals surface area contributed by atoms with Gasteiger partial charge >= 0.3 is 5.97 Å². The molecule has 0 aromatic heterocycles. The summed E-state index contributed by atoms with van der Waals surface area (Å²) in [7, 11) is 6.56. The summed E-state index contributed by atoms with van der Waals surface area (Å²) in [5.41, 5.74) is 4.01. The first-order valence-electron chi connectivity index (χ1n) is 16.7. The Morgan fingerprint density at radius 2 is 1.82 bits per heavy atom. The monoisotopic (exact) mass is 619 g/mol. The summed E-state index contributed by atoms with van der Waals surface area (Å²) in [4.78, 5) is 45.9. The Bertz CT molecular complexity index is 1370. The molecule has 0 aliphatic carbocycles. The predicted molar refractivity (Wildman–Crippen MR) is 176 cm³/mol. The van der Waals surface area contributed by atoms with Crippen LogP contribution in [0.5, 0.6) is 5.75 Å². The number of carboxylic acid groups (broad SMARTS) is 1. The molecule has 244 valence electrons. The largest absolute Gasteiger partial charge is 0.493 e. The number of hydrogen-bond acceptors (Lipinski definition) is 5. The van der Waals surface area contributed by atoms with E-state index in [1.165, 1.54) is 0 Å². The van der Waals surface area contributed by atoms with Crippen LogP contribution < -0.4 is 9.64 Å². The number of fused-ring (bicyclic) bond motifs is 2. The number of carbonyl (C=O) groups excluding carboxylic acids is 2.